The van der Waals surface area contributed by atoms with Gasteiger partial charge in [-0.2, -0.15) is 5.10 Å². The fourth-order valence-corrected chi connectivity index (χ4v) is 4.29. The highest BCUT2D eigenvalue weighted by atomic mass is 32.2. The predicted molar refractivity (Wildman–Crippen MR) is 103 cm³/mol. The number of methoxy groups -OCH3 is 1. The minimum atomic E-state index is -3.21. The van der Waals surface area contributed by atoms with Gasteiger partial charge in [0.15, 0.2) is 5.78 Å². The number of rotatable bonds is 6. The molecular weight excluding hydrogens is 384 g/mol. The summed E-state index contributed by atoms with van der Waals surface area (Å²) in [7, 11) is -0.0358. The van der Waals surface area contributed by atoms with Crippen molar-refractivity contribution in [3.8, 4) is 5.75 Å². The van der Waals surface area contributed by atoms with Gasteiger partial charge in [-0.15, -0.1) is 0 Å². The van der Waals surface area contributed by atoms with E-state index in [2.05, 4.69) is 5.10 Å². The van der Waals surface area contributed by atoms with Crippen molar-refractivity contribution in [1.29, 1.82) is 0 Å². The summed E-state index contributed by atoms with van der Waals surface area (Å²) < 4.78 is 32.4. The molecule has 0 spiro atoms. The molecule has 2 aromatic rings. The average Bonchev–Trinajstić information content (AvgIpc) is 2.96. The summed E-state index contributed by atoms with van der Waals surface area (Å²) in [5, 5.41) is 4.37. The summed E-state index contributed by atoms with van der Waals surface area (Å²) in [5.74, 6) is 0.990. The van der Waals surface area contributed by atoms with E-state index < -0.39 is 10.0 Å². The lowest BCUT2D eigenvalue weighted by molar-refractivity contribution is 0.0966. The molecule has 1 fully saturated rings. The van der Waals surface area contributed by atoms with Crippen molar-refractivity contribution in [3.05, 3.63) is 46.1 Å². The highest BCUT2D eigenvalue weighted by Gasteiger charge is 2.29. The van der Waals surface area contributed by atoms with Crippen molar-refractivity contribution in [2.75, 3.05) is 26.5 Å². The quantitative estimate of drug-likeness (QED) is 0.649. The Balaban J connectivity index is 1.74. The molecule has 1 saturated heterocycles. The first-order valence-corrected chi connectivity index (χ1v) is 10.8. The smallest absolute Gasteiger partial charge is 0.346 e. The Morgan fingerprint density at radius 1 is 1.21 bits per heavy atom. The monoisotopic (exact) mass is 408 g/mol. The third-order valence-corrected chi connectivity index (χ3v) is 6.37. The van der Waals surface area contributed by atoms with Crippen molar-refractivity contribution >= 4 is 15.8 Å². The molecule has 0 radical (unpaired) electrons. The number of Topliss-reactive ketones (excluding diaryl/α,β-unsaturated/α-hetero) is 1. The molecule has 152 valence electrons. The van der Waals surface area contributed by atoms with Gasteiger partial charge in [0, 0.05) is 31.6 Å². The highest BCUT2D eigenvalue weighted by Crippen LogP contribution is 2.26. The normalized spacial score (nSPS) is 16.2. The second kappa shape index (κ2) is 7.88. The molecule has 0 unspecified atom stereocenters. The van der Waals surface area contributed by atoms with Gasteiger partial charge in [-0.3, -0.25) is 9.36 Å². The fourth-order valence-electron chi connectivity index (χ4n) is 3.41. The Bertz CT molecular complexity index is 1020. The number of sulfonamides is 1. The van der Waals surface area contributed by atoms with E-state index in [1.165, 1.54) is 19.8 Å². The van der Waals surface area contributed by atoms with E-state index in [9.17, 15) is 18.0 Å². The fraction of sp³-hybridized carbons (Fsp3) is 0.500. The zero-order valence-electron chi connectivity index (χ0n) is 16.2. The highest BCUT2D eigenvalue weighted by molar-refractivity contribution is 7.88. The van der Waals surface area contributed by atoms with Crippen LogP contribution in [0.3, 0.4) is 0 Å². The summed E-state index contributed by atoms with van der Waals surface area (Å²) in [6.07, 6.45) is 2.37. The van der Waals surface area contributed by atoms with E-state index >= 15 is 0 Å². The second-order valence-corrected chi connectivity index (χ2v) is 8.93. The van der Waals surface area contributed by atoms with Crippen LogP contribution in [0.2, 0.25) is 0 Å². The molecule has 0 aliphatic carbocycles. The van der Waals surface area contributed by atoms with E-state index in [1.807, 2.05) is 0 Å². The van der Waals surface area contributed by atoms with Crippen LogP contribution in [0, 0.1) is 0 Å². The molecular formula is C18H24N4O5S. The molecule has 0 atom stereocenters. The van der Waals surface area contributed by atoms with Gasteiger partial charge < -0.3 is 4.74 Å². The van der Waals surface area contributed by atoms with Crippen molar-refractivity contribution in [1.82, 2.24) is 18.7 Å². The molecule has 2 heterocycles. The van der Waals surface area contributed by atoms with Gasteiger partial charge in [0.2, 0.25) is 10.0 Å². The molecule has 0 amide bonds. The summed E-state index contributed by atoms with van der Waals surface area (Å²) in [4.78, 5) is 25.0. The van der Waals surface area contributed by atoms with Crippen LogP contribution in [0.4, 0.5) is 0 Å². The van der Waals surface area contributed by atoms with Crippen LogP contribution < -0.4 is 10.4 Å². The molecule has 3 rings (SSSR count). The Kier molecular flexibility index (Phi) is 5.71. The van der Waals surface area contributed by atoms with Gasteiger partial charge in [0.05, 0.1) is 13.4 Å². The maximum atomic E-state index is 12.5. The lowest BCUT2D eigenvalue weighted by atomic mass is 9.97. The Labute approximate surface area is 163 Å². The molecule has 10 heteroatoms. The molecule has 0 bridgehead atoms. The maximum absolute atomic E-state index is 12.5. The first kappa shape index (κ1) is 20.3. The molecule has 1 aromatic carbocycles. The summed E-state index contributed by atoms with van der Waals surface area (Å²) in [6.45, 7) is 0.645. The van der Waals surface area contributed by atoms with Gasteiger partial charge in [-0.05, 0) is 37.1 Å². The number of ether oxygens (including phenoxy) is 1. The van der Waals surface area contributed by atoms with E-state index in [0.717, 1.165) is 0 Å². The zero-order chi connectivity index (χ0) is 20.5. The maximum Gasteiger partial charge on any atom is 0.346 e. The number of nitrogens with zero attached hydrogens (tertiary/aromatic N) is 4. The molecule has 9 nitrogen and oxygen atoms in total. The van der Waals surface area contributed by atoms with E-state index in [0.29, 0.717) is 43.1 Å². The Hall–Kier alpha value is -2.46. The SMILES string of the molecule is COc1ccc(C(=O)Cn2nc(C3CCN(S(C)(=O)=O)CC3)n(C)c2=O)cc1. The number of carbonyl (C=O) groups is 1. The molecule has 1 aliphatic heterocycles. The third-order valence-electron chi connectivity index (χ3n) is 5.07. The molecule has 1 aromatic heterocycles. The van der Waals surface area contributed by atoms with Gasteiger partial charge in [-0.25, -0.2) is 22.2 Å². The number of carbonyl (C=O) groups excluding carboxylic acids is 1. The van der Waals surface area contributed by atoms with Crippen LogP contribution in [-0.2, 0) is 23.6 Å². The van der Waals surface area contributed by atoms with Crippen LogP contribution in [0.25, 0.3) is 0 Å². The van der Waals surface area contributed by atoms with Crippen LogP contribution >= 0.6 is 0 Å². The van der Waals surface area contributed by atoms with Gasteiger partial charge >= 0.3 is 5.69 Å². The van der Waals surface area contributed by atoms with Crippen LogP contribution in [0.15, 0.2) is 29.1 Å². The van der Waals surface area contributed by atoms with Gasteiger partial charge in [0.1, 0.15) is 18.1 Å². The number of hydrogen-bond acceptors (Lipinski definition) is 6. The Morgan fingerprint density at radius 3 is 2.36 bits per heavy atom. The average molecular weight is 408 g/mol. The molecule has 1 aliphatic rings. The van der Waals surface area contributed by atoms with Crippen LogP contribution in [0.5, 0.6) is 5.75 Å². The lowest BCUT2D eigenvalue weighted by Gasteiger charge is -2.29. The van der Waals surface area contributed by atoms with E-state index in [-0.39, 0.29) is 23.9 Å². The largest absolute Gasteiger partial charge is 0.497 e. The molecule has 0 N–H and O–H groups in total. The number of hydrogen-bond donors (Lipinski definition) is 0. The third kappa shape index (κ3) is 4.17. The van der Waals surface area contributed by atoms with E-state index in [1.54, 1.807) is 38.4 Å². The standard InChI is InChI=1S/C18H24N4O5S/c1-20-17(14-8-10-21(11-9-14)28(3,25)26)19-22(18(20)24)12-16(23)13-4-6-15(27-2)7-5-13/h4-7,14H,8-12H2,1-3H3. The van der Waals surface area contributed by atoms with E-state index in [4.69, 9.17) is 4.74 Å². The van der Waals surface area contributed by atoms with Crippen molar-refractivity contribution in [2.24, 2.45) is 7.05 Å². The molecule has 0 saturated carbocycles. The summed E-state index contributed by atoms with van der Waals surface area (Å²) in [6, 6.07) is 6.68. The lowest BCUT2D eigenvalue weighted by Crippen LogP contribution is -2.37. The predicted octanol–water partition coefficient (Wildman–Crippen LogP) is 0.612. The number of aromatic nitrogens is 3. The topological polar surface area (TPSA) is 104 Å². The van der Waals surface area contributed by atoms with Crippen LogP contribution in [-0.4, -0.2) is 59.3 Å². The zero-order valence-corrected chi connectivity index (χ0v) is 17.0. The van der Waals surface area contributed by atoms with Crippen molar-refractivity contribution in [2.45, 2.75) is 25.3 Å². The minimum Gasteiger partial charge on any atom is -0.497 e. The number of ketones is 1. The minimum absolute atomic E-state index is 0.0203. The first-order valence-electron chi connectivity index (χ1n) is 8.97. The molecule has 28 heavy (non-hydrogen) atoms. The number of piperidine rings is 1. The first-order chi connectivity index (χ1) is 13.2. The summed E-state index contributed by atoms with van der Waals surface area (Å²) in [5.41, 5.74) is 0.115. The van der Waals surface area contributed by atoms with Crippen LogP contribution in [0.1, 0.15) is 34.9 Å². The van der Waals surface area contributed by atoms with Gasteiger partial charge in [0.25, 0.3) is 0 Å². The van der Waals surface area contributed by atoms with Crippen molar-refractivity contribution in [3.63, 3.8) is 0 Å². The Morgan fingerprint density at radius 2 is 1.82 bits per heavy atom. The van der Waals surface area contributed by atoms with Gasteiger partial charge in [-0.1, -0.05) is 0 Å². The number of benzene rings is 1. The second-order valence-electron chi connectivity index (χ2n) is 6.95. The summed E-state index contributed by atoms with van der Waals surface area (Å²) >= 11 is 0. The van der Waals surface area contributed by atoms with Crippen molar-refractivity contribution < 1.29 is 17.9 Å².